The van der Waals surface area contributed by atoms with Crippen LogP contribution >= 0.6 is 0 Å². The second-order valence-electron chi connectivity index (χ2n) is 24.2. The molecule has 2 saturated heterocycles. The third-order valence-corrected chi connectivity index (χ3v) is 17.3. The number of fused-ring (bicyclic) bond motifs is 3. The molecule has 408 valence electrons. The van der Waals surface area contributed by atoms with E-state index < -0.39 is 36.6 Å². The number of rotatable bonds is 28. The number of hydrogen-bond acceptors (Lipinski definition) is 7. The molecule has 8 rings (SSSR count). The number of unbranched alkanes of at least 4 members (excludes halogenated alkanes) is 8. The van der Waals surface area contributed by atoms with Gasteiger partial charge in [0.1, 0.15) is 11.5 Å². The lowest BCUT2D eigenvalue weighted by Gasteiger charge is -2.32. The third kappa shape index (κ3) is 13.4. The van der Waals surface area contributed by atoms with Crippen molar-refractivity contribution in [3.8, 4) is 17.2 Å². The van der Waals surface area contributed by atoms with Gasteiger partial charge in [-0.25, -0.2) is 0 Å². The molecule has 0 N–H and O–H groups in total. The second-order valence-corrected chi connectivity index (χ2v) is 24.2. The van der Waals surface area contributed by atoms with Gasteiger partial charge in [0.25, 0.3) is 0 Å². The van der Waals surface area contributed by atoms with E-state index in [1.165, 1.54) is 103 Å². The van der Waals surface area contributed by atoms with Crippen molar-refractivity contribution >= 4 is 64.0 Å². The van der Waals surface area contributed by atoms with Gasteiger partial charge in [0, 0.05) is 33.5 Å². The van der Waals surface area contributed by atoms with Crippen LogP contribution in [-0.4, -0.2) is 54.4 Å². The van der Waals surface area contributed by atoms with Gasteiger partial charge in [0.05, 0.1) is 46.7 Å². The summed E-state index contributed by atoms with van der Waals surface area (Å²) < 4.78 is 42.0. The van der Waals surface area contributed by atoms with Gasteiger partial charge in [0.15, 0.2) is 0 Å². The minimum Gasteiger partial charge on any atom is -0.493 e. The molecule has 76 heavy (non-hydrogen) atoms. The van der Waals surface area contributed by atoms with Crippen LogP contribution in [0.3, 0.4) is 0 Å². The summed E-state index contributed by atoms with van der Waals surface area (Å²) in [6.45, 7) is 27.5. The van der Waals surface area contributed by atoms with E-state index in [1.54, 1.807) is 0 Å². The van der Waals surface area contributed by atoms with Crippen molar-refractivity contribution in [1.82, 2.24) is 4.57 Å². The summed E-state index contributed by atoms with van der Waals surface area (Å²) in [7, 11) is -0.997. The van der Waals surface area contributed by atoms with Crippen LogP contribution in [0.4, 0.5) is 17.1 Å². The van der Waals surface area contributed by atoms with Crippen molar-refractivity contribution in [2.24, 2.45) is 11.8 Å². The maximum atomic E-state index is 6.62. The van der Waals surface area contributed by atoms with E-state index in [4.69, 9.17) is 28.1 Å². The minimum absolute atomic E-state index is 0.463. The summed E-state index contributed by atoms with van der Waals surface area (Å²) in [4.78, 5) is 2.34. The van der Waals surface area contributed by atoms with Crippen molar-refractivity contribution < 1.29 is 28.1 Å². The van der Waals surface area contributed by atoms with Crippen molar-refractivity contribution in [3.63, 3.8) is 0 Å². The van der Waals surface area contributed by atoms with Crippen LogP contribution in [0.1, 0.15) is 186 Å². The van der Waals surface area contributed by atoms with Gasteiger partial charge in [-0.15, -0.1) is 0 Å². The third-order valence-electron chi connectivity index (χ3n) is 17.3. The lowest BCUT2D eigenvalue weighted by atomic mass is 9.78. The van der Waals surface area contributed by atoms with Gasteiger partial charge in [0.2, 0.25) is 0 Å². The predicted molar refractivity (Wildman–Crippen MR) is 321 cm³/mol. The molecule has 10 heteroatoms. The highest BCUT2D eigenvalue weighted by Gasteiger charge is 2.53. The maximum Gasteiger partial charge on any atom is 0.494 e. The molecule has 1 aromatic heterocycles. The summed E-state index contributed by atoms with van der Waals surface area (Å²) in [6.07, 6.45) is 20.2. The van der Waals surface area contributed by atoms with Crippen molar-refractivity contribution in [2.75, 3.05) is 18.1 Å². The van der Waals surface area contributed by atoms with Crippen molar-refractivity contribution in [1.29, 1.82) is 0 Å². The molecule has 0 spiro atoms. The average Bonchev–Trinajstić information content (AvgIpc) is 3.95. The molecule has 0 aliphatic carbocycles. The molecule has 0 saturated carbocycles. The minimum atomic E-state index is -0.498. The van der Waals surface area contributed by atoms with Crippen LogP contribution in [0.2, 0.25) is 0 Å². The molecule has 0 radical (unpaired) electrons. The summed E-state index contributed by atoms with van der Waals surface area (Å²) in [5, 5.41) is 2.29. The average molecular weight is 1030 g/mol. The van der Waals surface area contributed by atoms with Gasteiger partial charge in [-0.3, -0.25) is 0 Å². The zero-order valence-electron chi connectivity index (χ0n) is 48.8. The molecule has 6 aromatic rings. The van der Waals surface area contributed by atoms with E-state index in [-0.39, 0.29) is 0 Å². The van der Waals surface area contributed by atoms with Crippen LogP contribution in [-0.2, 0) is 18.6 Å². The second kappa shape index (κ2) is 25.4. The number of nitrogens with zero attached hydrogens (tertiary/aromatic N) is 2. The number of anilines is 3. The largest absolute Gasteiger partial charge is 0.494 e. The molecule has 5 aromatic carbocycles. The lowest BCUT2D eigenvalue weighted by Crippen LogP contribution is -2.41. The molecule has 0 bridgehead atoms. The van der Waals surface area contributed by atoms with Crippen LogP contribution in [0.5, 0.6) is 11.5 Å². The van der Waals surface area contributed by atoms with Crippen LogP contribution in [0, 0.1) is 11.8 Å². The standard InChI is InChI=1S/C66H92B2N2O6/c1-13-17-21-23-27-49(25-19-15-3)47-71-57-39-35-54(36-40-57)69(55-37-41-58(42-38-55)72-48-50(26-20-16-4)28-24-22-18-14-2)53-31-33-56(34-32-53)70-61-45-51(67-73-63(5,6)64(7,8)74-67)29-43-59(61)60-44-30-52(46-62(60)70)68-75-65(9,10)66(11,12)76-68/h29-46,49-50H,13-28,47-48H2,1-12H3. The van der Waals surface area contributed by atoms with Gasteiger partial charge < -0.3 is 37.6 Å². The van der Waals surface area contributed by atoms with Gasteiger partial charge in [-0.2, -0.15) is 0 Å². The molecule has 2 aliphatic heterocycles. The predicted octanol–water partition coefficient (Wildman–Crippen LogP) is 17.2. The van der Waals surface area contributed by atoms with Gasteiger partial charge >= 0.3 is 14.2 Å². The van der Waals surface area contributed by atoms with Crippen LogP contribution < -0.4 is 25.3 Å². The molecular weight excluding hydrogens is 938 g/mol. The Bertz CT molecular complexity index is 2570. The van der Waals surface area contributed by atoms with E-state index in [0.717, 1.165) is 80.2 Å². The zero-order valence-corrected chi connectivity index (χ0v) is 48.8. The summed E-state index contributed by atoms with van der Waals surface area (Å²) in [5.74, 6) is 2.98. The van der Waals surface area contributed by atoms with E-state index >= 15 is 0 Å². The Balaban J connectivity index is 1.14. The number of ether oxygens (including phenoxy) is 2. The SMILES string of the molecule is CCCCCCC(CCCC)COc1ccc(N(c2ccc(OCC(CCCC)CCCCCC)cc2)c2ccc(-n3c4cc(B5OC(C)(C)C(C)(C)O5)ccc4c4ccc(B5OC(C)(C)C(C)(C)O5)cc43)cc2)cc1. The summed E-state index contributed by atoms with van der Waals surface area (Å²) >= 11 is 0. The Labute approximate surface area is 459 Å². The monoisotopic (exact) mass is 1030 g/mol. The van der Waals surface area contributed by atoms with E-state index in [2.05, 4.69) is 202 Å². The smallest absolute Gasteiger partial charge is 0.493 e. The fourth-order valence-corrected chi connectivity index (χ4v) is 10.9. The Hall–Kier alpha value is -4.73. The van der Waals surface area contributed by atoms with E-state index in [9.17, 15) is 0 Å². The Morgan fingerprint density at radius 1 is 0.421 bits per heavy atom. The molecule has 2 atom stereocenters. The first-order valence-electron chi connectivity index (χ1n) is 29.6. The maximum absolute atomic E-state index is 6.62. The summed E-state index contributed by atoms with van der Waals surface area (Å²) in [5.41, 5.74) is 6.44. The fourth-order valence-electron chi connectivity index (χ4n) is 10.9. The van der Waals surface area contributed by atoms with Crippen LogP contribution in [0.15, 0.2) is 109 Å². The highest BCUT2D eigenvalue weighted by atomic mass is 16.7. The molecule has 2 aliphatic rings. The quantitative estimate of drug-likeness (QED) is 0.0358. The Morgan fingerprint density at radius 3 is 1.12 bits per heavy atom. The number of aromatic nitrogens is 1. The molecule has 3 heterocycles. The first-order valence-corrected chi connectivity index (χ1v) is 29.6. The zero-order chi connectivity index (χ0) is 54.1. The lowest BCUT2D eigenvalue weighted by molar-refractivity contribution is 0.00578. The number of hydrogen-bond donors (Lipinski definition) is 0. The highest BCUT2D eigenvalue weighted by molar-refractivity contribution is 6.63. The highest BCUT2D eigenvalue weighted by Crippen LogP contribution is 2.41. The molecular formula is C66H92B2N2O6. The number of benzene rings is 5. The Kier molecular flexibility index (Phi) is 19.2. The van der Waals surface area contributed by atoms with E-state index in [1.807, 2.05) is 0 Å². The first kappa shape index (κ1) is 57.4. The molecule has 0 amide bonds. The van der Waals surface area contributed by atoms with Gasteiger partial charge in [-0.1, -0.05) is 129 Å². The molecule has 2 unspecified atom stereocenters. The molecule has 2 fully saturated rings. The topological polar surface area (TPSA) is 63.6 Å². The summed E-state index contributed by atoms with van der Waals surface area (Å²) in [6, 6.07) is 39.6. The molecule has 8 nitrogen and oxygen atoms in total. The first-order chi connectivity index (χ1) is 36.5. The van der Waals surface area contributed by atoms with Crippen molar-refractivity contribution in [3.05, 3.63) is 109 Å². The fraction of sp³-hybridized carbons (Fsp3) is 0.545. The normalized spacial score (nSPS) is 17.4. The van der Waals surface area contributed by atoms with Gasteiger partial charge in [-0.05, 0) is 189 Å². The van der Waals surface area contributed by atoms with Crippen molar-refractivity contribution in [2.45, 2.75) is 208 Å². The van der Waals surface area contributed by atoms with Crippen LogP contribution in [0.25, 0.3) is 27.5 Å². The Morgan fingerprint density at radius 2 is 0.763 bits per heavy atom. The van der Waals surface area contributed by atoms with E-state index in [0.29, 0.717) is 11.8 Å².